The fourth-order valence-electron chi connectivity index (χ4n) is 1.40. The molecule has 0 heterocycles. The van der Waals surface area contributed by atoms with Crippen molar-refractivity contribution in [1.82, 2.24) is 4.90 Å². The van der Waals surface area contributed by atoms with E-state index in [2.05, 4.69) is 6.07 Å². The Kier molecular flexibility index (Phi) is 4.27. The Labute approximate surface area is 95.3 Å². The molecular weight excluding hydrogens is 205 g/mol. The quantitative estimate of drug-likeness (QED) is 0.792. The van der Waals surface area contributed by atoms with E-state index in [0.717, 1.165) is 0 Å². The number of benzene rings is 1. The fraction of sp³-hybridized carbons (Fsp3) is 0.417. The van der Waals surface area contributed by atoms with Gasteiger partial charge in [0.05, 0.1) is 12.5 Å². The summed E-state index contributed by atoms with van der Waals surface area (Å²) >= 11 is 0. The average molecular weight is 221 g/mol. The highest BCUT2D eigenvalue weighted by Crippen LogP contribution is 2.15. The molecule has 16 heavy (non-hydrogen) atoms. The monoisotopic (exact) mass is 221 g/mol. The molecule has 4 heteroatoms. The average Bonchev–Trinajstić information content (AvgIpc) is 2.22. The van der Waals surface area contributed by atoms with Crippen LogP contribution in [-0.2, 0) is 6.54 Å². The summed E-state index contributed by atoms with van der Waals surface area (Å²) in [5, 5.41) is 8.58. The number of nitriles is 1. The molecule has 0 aromatic heterocycles. The van der Waals surface area contributed by atoms with Gasteiger partial charge in [-0.3, -0.25) is 4.90 Å². The van der Waals surface area contributed by atoms with Gasteiger partial charge in [-0.1, -0.05) is 6.07 Å². The largest absolute Gasteiger partial charge is 0.399 e. The maximum Gasteiger partial charge on any atom is 0.129 e. The van der Waals surface area contributed by atoms with Gasteiger partial charge < -0.3 is 5.73 Å². The second kappa shape index (κ2) is 5.47. The van der Waals surface area contributed by atoms with Crippen molar-refractivity contribution >= 4 is 5.69 Å². The molecule has 0 aliphatic heterocycles. The molecule has 1 atom stereocenters. The molecule has 3 nitrogen and oxygen atoms in total. The highest BCUT2D eigenvalue weighted by Gasteiger charge is 2.11. The Morgan fingerprint density at radius 2 is 2.25 bits per heavy atom. The molecule has 0 fully saturated rings. The van der Waals surface area contributed by atoms with E-state index in [-0.39, 0.29) is 11.9 Å². The maximum absolute atomic E-state index is 13.5. The van der Waals surface area contributed by atoms with Crippen molar-refractivity contribution in [3.8, 4) is 6.07 Å². The van der Waals surface area contributed by atoms with Gasteiger partial charge in [0.2, 0.25) is 0 Å². The van der Waals surface area contributed by atoms with Crippen LogP contribution in [0.1, 0.15) is 18.9 Å². The summed E-state index contributed by atoms with van der Waals surface area (Å²) in [6.45, 7) is 2.42. The number of nitrogens with zero attached hydrogens (tertiary/aromatic N) is 2. The molecule has 86 valence electrons. The third-order valence-corrected chi connectivity index (χ3v) is 2.64. The highest BCUT2D eigenvalue weighted by molar-refractivity contribution is 5.40. The molecular formula is C12H16FN3. The number of nitrogens with two attached hydrogens (primary N) is 1. The van der Waals surface area contributed by atoms with Gasteiger partial charge in [0.15, 0.2) is 0 Å². The van der Waals surface area contributed by atoms with Crippen LogP contribution in [0.15, 0.2) is 18.2 Å². The number of hydrogen-bond donors (Lipinski definition) is 1. The van der Waals surface area contributed by atoms with Gasteiger partial charge in [-0.25, -0.2) is 4.39 Å². The SMILES string of the molecule is CC(CC#N)N(C)Cc1ccc(N)cc1F. The summed E-state index contributed by atoms with van der Waals surface area (Å²) in [7, 11) is 1.87. The van der Waals surface area contributed by atoms with Crippen LogP contribution >= 0.6 is 0 Å². The summed E-state index contributed by atoms with van der Waals surface area (Å²) in [6, 6.07) is 6.90. The second-order valence-electron chi connectivity index (χ2n) is 3.98. The molecule has 1 aromatic carbocycles. The fourth-order valence-corrected chi connectivity index (χ4v) is 1.40. The molecule has 1 rings (SSSR count). The summed E-state index contributed by atoms with van der Waals surface area (Å²) in [5.74, 6) is -0.295. The zero-order chi connectivity index (χ0) is 12.1. The van der Waals surface area contributed by atoms with Gasteiger partial charge in [0.1, 0.15) is 5.82 Å². The van der Waals surface area contributed by atoms with E-state index < -0.39 is 0 Å². The minimum atomic E-state index is -0.295. The van der Waals surface area contributed by atoms with E-state index >= 15 is 0 Å². The minimum Gasteiger partial charge on any atom is -0.399 e. The summed E-state index contributed by atoms with van der Waals surface area (Å²) in [4.78, 5) is 1.94. The molecule has 1 unspecified atom stereocenters. The van der Waals surface area contributed by atoms with Gasteiger partial charge in [-0.15, -0.1) is 0 Å². The molecule has 0 spiro atoms. The molecule has 0 aliphatic carbocycles. The number of anilines is 1. The predicted octanol–water partition coefficient (Wildman–Crippen LogP) is 2.14. The minimum absolute atomic E-state index is 0.113. The van der Waals surface area contributed by atoms with Crippen LogP contribution in [0.4, 0.5) is 10.1 Å². The molecule has 1 aromatic rings. The third-order valence-electron chi connectivity index (χ3n) is 2.64. The van der Waals surface area contributed by atoms with Gasteiger partial charge in [0, 0.05) is 23.8 Å². The van der Waals surface area contributed by atoms with Crippen molar-refractivity contribution in [3.63, 3.8) is 0 Å². The van der Waals surface area contributed by atoms with E-state index in [0.29, 0.717) is 24.2 Å². The highest BCUT2D eigenvalue weighted by atomic mass is 19.1. The van der Waals surface area contributed by atoms with Crippen molar-refractivity contribution in [1.29, 1.82) is 5.26 Å². The first-order valence-electron chi connectivity index (χ1n) is 5.15. The molecule has 0 amide bonds. The lowest BCUT2D eigenvalue weighted by atomic mass is 10.1. The molecule has 2 N–H and O–H groups in total. The maximum atomic E-state index is 13.5. The third kappa shape index (κ3) is 3.21. The Balaban J connectivity index is 2.70. The van der Waals surface area contributed by atoms with E-state index in [1.807, 2.05) is 18.9 Å². The molecule has 0 aliphatic rings. The first-order chi connectivity index (χ1) is 7.54. The standard InChI is InChI=1S/C12H16FN3/c1-9(5-6-14)16(2)8-10-3-4-11(15)7-12(10)13/h3-4,7,9H,5,8,15H2,1-2H3. The second-order valence-corrected chi connectivity index (χ2v) is 3.98. The van der Waals surface area contributed by atoms with E-state index in [4.69, 9.17) is 11.0 Å². The van der Waals surface area contributed by atoms with Gasteiger partial charge in [-0.05, 0) is 26.1 Å². The summed E-state index contributed by atoms with van der Waals surface area (Å²) in [5.41, 5.74) is 6.49. The number of nitrogen functional groups attached to an aromatic ring is 1. The van der Waals surface area contributed by atoms with Crippen LogP contribution in [0.2, 0.25) is 0 Å². The lowest BCUT2D eigenvalue weighted by Crippen LogP contribution is -2.28. The first-order valence-corrected chi connectivity index (χ1v) is 5.15. The van der Waals surface area contributed by atoms with Gasteiger partial charge >= 0.3 is 0 Å². The number of halogens is 1. The summed E-state index contributed by atoms with van der Waals surface area (Å²) in [6.07, 6.45) is 0.438. The lowest BCUT2D eigenvalue weighted by Gasteiger charge is -2.22. The smallest absolute Gasteiger partial charge is 0.129 e. The van der Waals surface area contributed by atoms with E-state index in [1.165, 1.54) is 6.07 Å². The van der Waals surface area contributed by atoms with Gasteiger partial charge in [0.25, 0.3) is 0 Å². The predicted molar refractivity (Wildman–Crippen MR) is 62.0 cm³/mol. The van der Waals surface area contributed by atoms with Gasteiger partial charge in [-0.2, -0.15) is 5.26 Å². The first kappa shape index (κ1) is 12.5. The van der Waals surface area contributed by atoms with Crippen LogP contribution in [0, 0.1) is 17.1 Å². The van der Waals surface area contributed by atoms with E-state index in [9.17, 15) is 4.39 Å². The molecule has 0 saturated heterocycles. The zero-order valence-corrected chi connectivity index (χ0v) is 9.57. The van der Waals surface area contributed by atoms with Crippen LogP contribution in [0.25, 0.3) is 0 Å². The van der Waals surface area contributed by atoms with Crippen molar-refractivity contribution in [2.45, 2.75) is 25.9 Å². The van der Waals surface area contributed by atoms with Crippen LogP contribution in [0.3, 0.4) is 0 Å². The molecule has 0 radical (unpaired) electrons. The number of rotatable bonds is 4. The molecule has 0 bridgehead atoms. The zero-order valence-electron chi connectivity index (χ0n) is 9.57. The van der Waals surface area contributed by atoms with Crippen LogP contribution in [0.5, 0.6) is 0 Å². The Morgan fingerprint density at radius 1 is 1.56 bits per heavy atom. The summed E-state index contributed by atoms with van der Waals surface area (Å²) < 4.78 is 13.5. The van der Waals surface area contributed by atoms with Crippen LogP contribution < -0.4 is 5.73 Å². The Morgan fingerprint density at radius 3 is 2.81 bits per heavy atom. The van der Waals surface area contributed by atoms with Crippen molar-refractivity contribution in [3.05, 3.63) is 29.6 Å². The topological polar surface area (TPSA) is 53.0 Å². The van der Waals surface area contributed by atoms with Crippen molar-refractivity contribution < 1.29 is 4.39 Å². The van der Waals surface area contributed by atoms with Crippen LogP contribution in [-0.4, -0.2) is 18.0 Å². The van der Waals surface area contributed by atoms with Crippen molar-refractivity contribution in [2.24, 2.45) is 0 Å². The Bertz CT molecular complexity index is 398. The Hall–Kier alpha value is -1.60. The normalized spacial score (nSPS) is 12.4. The molecule has 0 saturated carbocycles. The lowest BCUT2D eigenvalue weighted by molar-refractivity contribution is 0.249. The van der Waals surface area contributed by atoms with Crippen molar-refractivity contribution in [2.75, 3.05) is 12.8 Å². The van der Waals surface area contributed by atoms with E-state index in [1.54, 1.807) is 12.1 Å². The number of hydrogen-bond acceptors (Lipinski definition) is 3.